The van der Waals surface area contributed by atoms with Crippen LogP contribution in [0.4, 0.5) is 5.69 Å². The van der Waals surface area contributed by atoms with Gasteiger partial charge in [-0.25, -0.2) is 4.99 Å². The van der Waals surface area contributed by atoms with Crippen molar-refractivity contribution in [3.63, 3.8) is 0 Å². The second-order valence-corrected chi connectivity index (χ2v) is 8.00. The first kappa shape index (κ1) is 25.2. The van der Waals surface area contributed by atoms with Gasteiger partial charge in [-0.1, -0.05) is 25.0 Å². The van der Waals surface area contributed by atoms with E-state index < -0.39 is 0 Å². The molecule has 0 spiro atoms. The summed E-state index contributed by atoms with van der Waals surface area (Å²) in [6, 6.07) is 8.80. The van der Waals surface area contributed by atoms with Gasteiger partial charge in [-0.2, -0.15) is 0 Å². The maximum atomic E-state index is 5.44. The number of aliphatic imine (C=N–C) groups is 1. The Labute approximate surface area is 199 Å². The van der Waals surface area contributed by atoms with Crippen molar-refractivity contribution >= 4 is 35.6 Å². The third kappa shape index (κ3) is 8.98. The van der Waals surface area contributed by atoms with Gasteiger partial charge < -0.3 is 25.2 Å². The first-order valence-corrected chi connectivity index (χ1v) is 11.5. The molecule has 2 aliphatic heterocycles. The van der Waals surface area contributed by atoms with Crippen molar-refractivity contribution in [3.05, 3.63) is 29.8 Å². The summed E-state index contributed by atoms with van der Waals surface area (Å²) >= 11 is 0. The Morgan fingerprint density at radius 3 is 2.33 bits per heavy atom. The molecule has 3 rings (SSSR count). The smallest absolute Gasteiger partial charge is 0.191 e. The summed E-state index contributed by atoms with van der Waals surface area (Å²) in [5, 5.41) is 6.87. The number of rotatable bonds is 8. The lowest BCUT2D eigenvalue weighted by Crippen LogP contribution is -2.39. The Morgan fingerprint density at radius 1 is 0.967 bits per heavy atom. The summed E-state index contributed by atoms with van der Waals surface area (Å²) in [6.07, 6.45) is 6.70. The molecule has 0 saturated carbocycles. The van der Waals surface area contributed by atoms with Gasteiger partial charge in [0.25, 0.3) is 0 Å². The molecule has 2 heterocycles. The van der Waals surface area contributed by atoms with Gasteiger partial charge >= 0.3 is 0 Å². The van der Waals surface area contributed by atoms with Crippen molar-refractivity contribution in [1.29, 1.82) is 0 Å². The van der Waals surface area contributed by atoms with Gasteiger partial charge in [0.15, 0.2) is 5.96 Å². The van der Waals surface area contributed by atoms with E-state index >= 15 is 0 Å². The molecule has 0 aromatic heterocycles. The topological polar surface area (TPSA) is 52.1 Å². The van der Waals surface area contributed by atoms with E-state index in [1.807, 2.05) is 0 Å². The zero-order chi connectivity index (χ0) is 20.2. The highest BCUT2D eigenvalue weighted by atomic mass is 127. The Balaban J connectivity index is 0.00000320. The average Bonchev–Trinajstić information content (AvgIpc) is 3.05. The number of anilines is 1. The molecule has 2 N–H and O–H groups in total. The second kappa shape index (κ2) is 14.9. The highest BCUT2D eigenvalue weighted by Crippen LogP contribution is 2.17. The fourth-order valence-electron chi connectivity index (χ4n) is 4.02. The van der Waals surface area contributed by atoms with Gasteiger partial charge in [0, 0.05) is 31.9 Å². The number of hydrogen-bond donors (Lipinski definition) is 2. The standard InChI is InChI=1S/C23H39N5O.HI/c1-2-24-23(25-12-7-15-27-13-5-3-4-6-14-27)26-20-21-8-10-22(11-9-21)28-16-18-29-19-17-28;/h8-11H,2-7,12-20H2,1H3,(H2,24,25,26);1H. The van der Waals surface area contributed by atoms with E-state index in [0.29, 0.717) is 6.54 Å². The number of halogens is 1. The van der Waals surface area contributed by atoms with Crippen LogP contribution in [0.25, 0.3) is 0 Å². The van der Waals surface area contributed by atoms with E-state index in [0.717, 1.165) is 45.4 Å². The maximum Gasteiger partial charge on any atom is 0.191 e. The lowest BCUT2D eigenvalue weighted by Gasteiger charge is -2.28. The summed E-state index contributed by atoms with van der Waals surface area (Å²) in [5.41, 5.74) is 2.52. The van der Waals surface area contributed by atoms with Crippen LogP contribution in [-0.2, 0) is 11.3 Å². The van der Waals surface area contributed by atoms with Crippen molar-refractivity contribution in [1.82, 2.24) is 15.5 Å². The number of nitrogens with zero attached hydrogens (tertiary/aromatic N) is 3. The van der Waals surface area contributed by atoms with Gasteiger partial charge in [0.1, 0.15) is 0 Å². The SMILES string of the molecule is CCNC(=NCc1ccc(N2CCOCC2)cc1)NCCCN1CCCCCC1.I. The number of hydrogen-bond acceptors (Lipinski definition) is 4. The molecule has 170 valence electrons. The predicted molar refractivity (Wildman–Crippen MR) is 137 cm³/mol. The zero-order valence-corrected chi connectivity index (χ0v) is 20.9. The quantitative estimate of drug-likeness (QED) is 0.234. The molecule has 0 unspecified atom stereocenters. The molecule has 1 aromatic rings. The van der Waals surface area contributed by atoms with Crippen LogP contribution in [0.5, 0.6) is 0 Å². The Hall–Kier alpha value is -1.06. The van der Waals surface area contributed by atoms with Crippen LogP contribution in [-0.4, -0.2) is 69.9 Å². The van der Waals surface area contributed by atoms with E-state index in [1.165, 1.54) is 63.0 Å². The minimum atomic E-state index is 0. The van der Waals surface area contributed by atoms with E-state index in [1.54, 1.807) is 0 Å². The summed E-state index contributed by atoms with van der Waals surface area (Å²) < 4.78 is 5.44. The highest BCUT2D eigenvalue weighted by molar-refractivity contribution is 14.0. The van der Waals surface area contributed by atoms with Crippen LogP contribution < -0.4 is 15.5 Å². The molecule has 7 heteroatoms. The summed E-state index contributed by atoms with van der Waals surface area (Å²) in [5.74, 6) is 0.917. The first-order valence-electron chi connectivity index (χ1n) is 11.5. The lowest BCUT2D eigenvalue weighted by molar-refractivity contribution is 0.122. The third-order valence-corrected chi connectivity index (χ3v) is 5.72. The molecule has 2 saturated heterocycles. The lowest BCUT2D eigenvalue weighted by atomic mass is 10.2. The van der Waals surface area contributed by atoms with Crippen molar-refractivity contribution in [2.75, 3.05) is 63.9 Å². The second-order valence-electron chi connectivity index (χ2n) is 8.00. The molecule has 0 amide bonds. The monoisotopic (exact) mass is 529 g/mol. The number of nitrogens with one attached hydrogen (secondary N) is 2. The summed E-state index contributed by atoms with van der Waals surface area (Å²) in [4.78, 5) is 9.77. The summed E-state index contributed by atoms with van der Waals surface area (Å²) in [7, 11) is 0. The minimum Gasteiger partial charge on any atom is -0.378 e. The number of guanidine groups is 1. The minimum absolute atomic E-state index is 0. The van der Waals surface area contributed by atoms with Crippen LogP contribution in [0, 0.1) is 0 Å². The number of benzene rings is 1. The van der Waals surface area contributed by atoms with E-state index in [4.69, 9.17) is 9.73 Å². The number of morpholine rings is 1. The maximum absolute atomic E-state index is 5.44. The third-order valence-electron chi connectivity index (χ3n) is 5.72. The van der Waals surface area contributed by atoms with E-state index in [-0.39, 0.29) is 24.0 Å². The number of ether oxygens (including phenoxy) is 1. The van der Waals surface area contributed by atoms with E-state index in [9.17, 15) is 0 Å². The fraction of sp³-hybridized carbons (Fsp3) is 0.696. The fourth-order valence-corrected chi connectivity index (χ4v) is 4.02. The van der Waals surface area contributed by atoms with Crippen molar-refractivity contribution in [3.8, 4) is 0 Å². The molecule has 6 nitrogen and oxygen atoms in total. The molecule has 30 heavy (non-hydrogen) atoms. The highest BCUT2D eigenvalue weighted by Gasteiger charge is 2.11. The normalized spacial score (nSPS) is 18.4. The molecule has 1 aromatic carbocycles. The van der Waals surface area contributed by atoms with Crippen molar-refractivity contribution in [2.24, 2.45) is 4.99 Å². The van der Waals surface area contributed by atoms with Gasteiger partial charge in [-0.15, -0.1) is 24.0 Å². The predicted octanol–water partition coefficient (Wildman–Crippen LogP) is 3.46. The molecule has 0 radical (unpaired) electrons. The van der Waals surface area contributed by atoms with Crippen LogP contribution in [0.1, 0.15) is 44.6 Å². The van der Waals surface area contributed by atoms with Gasteiger partial charge in [-0.05, 0) is 63.5 Å². The van der Waals surface area contributed by atoms with Crippen molar-refractivity contribution in [2.45, 2.75) is 45.6 Å². The molecule has 2 fully saturated rings. The van der Waals surface area contributed by atoms with Gasteiger partial charge in [0.05, 0.1) is 19.8 Å². The molecule has 2 aliphatic rings. The van der Waals surface area contributed by atoms with Gasteiger partial charge in [-0.3, -0.25) is 0 Å². The van der Waals surface area contributed by atoms with Crippen molar-refractivity contribution < 1.29 is 4.74 Å². The van der Waals surface area contributed by atoms with E-state index in [2.05, 4.69) is 51.6 Å². The molecular weight excluding hydrogens is 489 g/mol. The Kier molecular flexibility index (Phi) is 12.5. The van der Waals surface area contributed by atoms with Crippen LogP contribution >= 0.6 is 24.0 Å². The molecule has 0 aliphatic carbocycles. The van der Waals surface area contributed by atoms with Crippen LogP contribution in [0.2, 0.25) is 0 Å². The molecule has 0 atom stereocenters. The number of likely N-dealkylation sites (tertiary alicyclic amines) is 1. The molecule has 0 bridgehead atoms. The summed E-state index contributed by atoms with van der Waals surface area (Å²) in [6.45, 7) is 12.0. The van der Waals surface area contributed by atoms with Gasteiger partial charge in [0.2, 0.25) is 0 Å². The van der Waals surface area contributed by atoms with Crippen LogP contribution in [0.15, 0.2) is 29.3 Å². The van der Waals surface area contributed by atoms with Crippen LogP contribution in [0.3, 0.4) is 0 Å². The zero-order valence-electron chi connectivity index (χ0n) is 18.6. The Morgan fingerprint density at radius 2 is 1.67 bits per heavy atom. The molecular formula is C23H40IN5O. The Bertz CT molecular complexity index is 596. The largest absolute Gasteiger partial charge is 0.378 e. The average molecular weight is 530 g/mol. The first-order chi connectivity index (χ1) is 14.3.